The van der Waals surface area contributed by atoms with Crippen molar-refractivity contribution in [2.45, 2.75) is 12.7 Å². The third kappa shape index (κ3) is 2.79. The summed E-state index contributed by atoms with van der Waals surface area (Å²) in [5.41, 5.74) is 3.23. The van der Waals surface area contributed by atoms with E-state index in [1.807, 2.05) is 48.5 Å². The summed E-state index contributed by atoms with van der Waals surface area (Å²) in [7, 11) is 0. The van der Waals surface area contributed by atoms with Crippen molar-refractivity contribution in [1.29, 1.82) is 0 Å². The molecular weight excluding hydrogens is 308 g/mol. The number of benzene rings is 2. The van der Waals surface area contributed by atoms with Crippen molar-refractivity contribution in [3.63, 3.8) is 0 Å². The van der Waals surface area contributed by atoms with Crippen LogP contribution in [-0.2, 0) is 11.3 Å². The number of amides is 1. The topological polar surface area (TPSA) is 83.7 Å². The van der Waals surface area contributed by atoms with Crippen molar-refractivity contribution >= 4 is 28.4 Å². The first-order valence-electron chi connectivity index (χ1n) is 7.66. The smallest absolute Gasteiger partial charge is 0.411 e. The predicted molar refractivity (Wildman–Crippen MR) is 89.9 cm³/mol. The highest BCUT2D eigenvalue weighted by molar-refractivity contribution is 5.88. The molecule has 0 radical (unpaired) electrons. The zero-order chi connectivity index (χ0) is 16.5. The summed E-state index contributed by atoms with van der Waals surface area (Å²) in [6.45, 7) is 0.550. The molecule has 0 aliphatic carbocycles. The average molecular weight is 324 g/mol. The molecule has 122 valence electrons. The van der Waals surface area contributed by atoms with Gasteiger partial charge in [-0.3, -0.25) is 5.32 Å². The first kappa shape index (κ1) is 14.6. The molecule has 3 aromatic rings. The number of aliphatic hydroxyl groups is 1. The summed E-state index contributed by atoms with van der Waals surface area (Å²) in [4.78, 5) is 11.2. The Morgan fingerprint density at radius 2 is 2.08 bits per heavy atom. The summed E-state index contributed by atoms with van der Waals surface area (Å²) in [6, 6.07) is 15.0. The van der Waals surface area contributed by atoms with Crippen LogP contribution < -0.4 is 10.6 Å². The van der Waals surface area contributed by atoms with Gasteiger partial charge in [-0.25, -0.2) is 4.79 Å². The van der Waals surface area contributed by atoms with E-state index in [1.54, 1.807) is 0 Å². The van der Waals surface area contributed by atoms with Gasteiger partial charge in [0.2, 0.25) is 0 Å². The molecule has 6 nitrogen and oxygen atoms in total. The van der Waals surface area contributed by atoms with Crippen LogP contribution in [0.5, 0.6) is 0 Å². The summed E-state index contributed by atoms with van der Waals surface area (Å²) in [5.74, 6) is 0.525. The van der Waals surface area contributed by atoms with Crippen LogP contribution in [0.1, 0.15) is 17.4 Å². The first-order chi connectivity index (χ1) is 11.7. The minimum absolute atomic E-state index is 0.239. The van der Waals surface area contributed by atoms with E-state index in [4.69, 9.17) is 9.15 Å². The molecule has 1 aliphatic heterocycles. The highest BCUT2D eigenvalue weighted by atomic mass is 16.5. The molecule has 1 unspecified atom stereocenters. The van der Waals surface area contributed by atoms with Gasteiger partial charge in [0.15, 0.2) is 0 Å². The van der Waals surface area contributed by atoms with Gasteiger partial charge in [-0.05, 0) is 30.3 Å². The minimum Gasteiger partial charge on any atom is -0.458 e. The number of aliphatic hydroxyl groups excluding tert-OH is 1. The molecule has 2 heterocycles. The molecule has 4 rings (SSSR count). The molecule has 2 aromatic carbocycles. The Kier molecular flexibility index (Phi) is 3.59. The zero-order valence-corrected chi connectivity index (χ0v) is 12.8. The minimum atomic E-state index is -0.760. The monoisotopic (exact) mass is 324 g/mol. The molecule has 6 heteroatoms. The number of anilines is 2. The number of fused-ring (bicyclic) bond motifs is 2. The SMILES string of the molecule is O=C1Nc2ccc(NCC(O)c3cc4ccccc4o3)cc2CO1. The van der Waals surface area contributed by atoms with Crippen molar-refractivity contribution in [2.24, 2.45) is 0 Å². The van der Waals surface area contributed by atoms with Gasteiger partial charge in [0.1, 0.15) is 24.1 Å². The fourth-order valence-corrected chi connectivity index (χ4v) is 2.72. The number of hydrogen-bond acceptors (Lipinski definition) is 5. The molecule has 0 spiro atoms. The maximum atomic E-state index is 11.2. The Balaban J connectivity index is 1.45. The van der Waals surface area contributed by atoms with Gasteiger partial charge in [-0.15, -0.1) is 0 Å². The van der Waals surface area contributed by atoms with Crippen molar-refractivity contribution in [2.75, 3.05) is 17.2 Å². The van der Waals surface area contributed by atoms with Crippen LogP contribution >= 0.6 is 0 Å². The molecule has 1 atom stereocenters. The van der Waals surface area contributed by atoms with Gasteiger partial charge in [-0.2, -0.15) is 0 Å². The molecule has 0 saturated carbocycles. The number of cyclic esters (lactones) is 1. The maximum absolute atomic E-state index is 11.2. The highest BCUT2D eigenvalue weighted by Gasteiger charge is 2.17. The van der Waals surface area contributed by atoms with Gasteiger partial charge in [0, 0.05) is 23.2 Å². The normalized spacial score (nSPS) is 14.6. The Bertz CT molecular complexity index is 870. The van der Waals surface area contributed by atoms with E-state index in [1.165, 1.54) is 0 Å². The van der Waals surface area contributed by atoms with Crippen molar-refractivity contribution in [3.8, 4) is 0 Å². The van der Waals surface area contributed by atoms with Gasteiger partial charge < -0.3 is 19.6 Å². The molecule has 1 aliphatic rings. The average Bonchev–Trinajstić information content (AvgIpc) is 3.04. The molecule has 24 heavy (non-hydrogen) atoms. The maximum Gasteiger partial charge on any atom is 0.411 e. The number of rotatable bonds is 4. The Morgan fingerprint density at radius 1 is 1.21 bits per heavy atom. The predicted octanol–water partition coefficient (Wildman–Crippen LogP) is 3.64. The number of carbonyl (C=O) groups excluding carboxylic acids is 1. The lowest BCUT2D eigenvalue weighted by Gasteiger charge is -2.19. The van der Waals surface area contributed by atoms with Gasteiger partial charge in [-0.1, -0.05) is 18.2 Å². The third-order valence-corrected chi connectivity index (χ3v) is 3.97. The quantitative estimate of drug-likeness (QED) is 0.682. The summed E-state index contributed by atoms with van der Waals surface area (Å²) < 4.78 is 10.6. The Morgan fingerprint density at radius 3 is 2.96 bits per heavy atom. The van der Waals surface area contributed by atoms with E-state index in [2.05, 4.69) is 10.6 Å². The van der Waals surface area contributed by atoms with Crippen molar-refractivity contribution < 1.29 is 19.1 Å². The number of nitrogens with one attached hydrogen (secondary N) is 2. The van der Waals surface area contributed by atoms with E-state index in [-0.39, 0.29) is 6.61 Å². The van der Waals surface area contributed by atoms with Crippen LogP contribution in [0.2, 0.25) is 0 Å². The van der Waals surface area contributed by atoms with Gasteiger partial charge in [0.25, 0.3) is 0 Å². The van der Waals surface area contributed by atoms with Crippen LogP contribution in [0.4, 0.5) is 16.2 Å². The molecule has 0 bridgehead atoms. The number of hydrogen-bond donors (Lipinski definition) is 3. The molecule has 3 N–H and O–H groups in total. The first-order valence-corrected chi connectivity index (χ1v) is 7.66. The second-order valence-corrected chi connectivity index (χ2v) is 5.66. The second-order valence-electron chi connectivity index (χ2n) is 5.66. The molecular formula is C18H16N2O4. The molecule has 0 saturated heterocycles. The Hall–Kier alpha value is -2.99. The van der Waals surface area contributed by atoms with E-state index in [0.717, 1.165) is 27.9 Å². The van der Waals surface area contributed by atoms with E-state index >= 15 is 0 Å². The van der Waals surface area contributed by atoms with Crippen LogP contribution in [0.25, 0.3) is 11.0 Å². The van der Waals surface area contributed by atoms with Gasteiger partial charge >= 0.3 is 6.09 Å². The fourth-order valence-electron chi connectivity index (χ4n) is 2.72. The van der Waals surface area contributed by atoms with E-state index in [0.29, 0.717) is 12.3 Å². The number of carbonyl (C=O) groups is 1. The van der Waals surface area contributed by atoms with E-state index in [9.17, 15) is 9.90 Å². The van der Waals surface area contributed by atoms with Crippen LogP contribution in [0.15, 0.2) is 52.9 Å². The summed E-state index contributed by atoms with van der Waals surface area (Å²) in [6.07, 6.45) is -1.20. The molecule has 1 amide bonds. The van der Waals surface area contributed by atoms with Crippen molar-refractivity contribution in [3.05, 3.63) is 59.9 Å². The Labute approximate surface area is 138 Å². The fraction of sp³-hybridized carbons (Fsp3) is 0.167. The lowest BCUT2D eigenvalue weighted by Crippen LogP contribution is -2.20. The number of para-hydroxylation sites is 1. The third-order valence-electron chi connectivity index (χ3n) is 3.97. The van der Waals surface area contributed by atoms with Gasteiger partial charge in [0.05, 0.1) is 5.69 Å². The largest absolute Gasteiger partial charge is 0.458 e. The highest BCUT2D eigenvalue weighted by Crippen LogP contribution is 2.27. The number of furan rings is 1. The summed E-state index contributed by atoms with van der Waals surface area (Å²) >= 11 is 0. The number of ether oxygens (including phenoxy) is 1. The van der Waals surface area contributed by atoms with E-state index < -0.39 is 12.2 Å². The summed E-state index contributed by atoms with van der Waals surface area (Å²) in [5, 5.41) is 17.1. The van der Waals surface area contributed by atoms with Crippen molar-refractivity contribution in [1.82, 2.24) is 0 Å². The zero-order valence-electron chi connectivity index (χ0n) is 12.8. The lowest BCUT2D eigenvalue weighted by atomic mass is 10.1. The second kappa shape index (κ2) is 5.90. The standard InChI is InChI=1S/C18H16N2O4/c21-15(17-8-11-3-1-2-4-16(11)24-17)9-19-13-5-6-14-12(7-13)10-23-18(22)20-14/h1-8,15,19,21H,9-10H2,(H,20,22). The van der Waals surface area contributed by atoms with Crippen LogP contribution in [0.3, 0.4) is 0 Å². The molecule has 0 fully saturated rings. The van der Waals surface area contributed by atoms with Crippen LogP contribution in [0, 0.1) is 0 Å². The van der Waals surface area contributed by atoms with Crippen LogP contribution in [-0.4, -0.2) is 17.7 Å². The lowest BCUT2D eigenvalue weighted by molar-refractivity contribution is 0.151. The molecule has 1 aromatic heterocycles.